The third-order valence-corrected chi connectivity index (χ3v) is 2.25. The Hall–Kier alpha value is -1.10. The number of aliphatic hydroxyl groups is 1. The molecule has 0 aliphatic carbocycles. The maximum absolute atomic E-state index is 9.36. The van der Waals surface area contributed by atoms with Crippen LogP contribution in [-0.2, 0) is 4.74 Å². The zero-order valence-electron chi connectivity index (χ0n) is 9.39. The van der Waals surface area contributed by atoms with Crippen molar-refractivity contribution in [3.63, 3.8) is 0 Å². The van der Waals surface area contributed by atoms with Crippen LogP contribution in [0.1, 0.15) is 32.6 Å². The molecule has 5 nitrogen and oxygen atoms in total. The summed E-state index contributed by atoms with van der Waals surface area (Å²) >= 11 is 0. The molecule has 1 unspecified atom stereocenters. The van der Waals surface area contributed by atoms with Crippen LogP contribution in [-0.4, -0.2) is 42.4 Å². The number of aliphatic hydroxyl groups excluding tert-OH is 1. The van der Waals surface area contributed by atoms with Crippen molar-refractivity contribution in [2.24, 2.45) is 9.98 Å². The highest BCUT2D eigenvalue weighted by Crippen LogP contribution is 2.04. The standard InChI is InChI=1S/C10H19N3O2/c1-3-4-5-6-7-15-10-12-8-11-9(14)13(10)2/h8-9,14H,3-7H2,1-2H3. The molecule has 1 aliphatic rings. The van der Waals surface area contributed by atoms with E-state index < -0.39 is 6.35 Å². The number of hydrogen-bond donors (Lipinski definition) is 1. The Morgan fingerprint density at radius 3 is 3.00 bits per heavy atom. The molecule has 1 N–H and O–H groups in total. The van der Waals surface area contributed by atoms with Crippen molar-refractivity contribution < 1.29 is 9.84 Å². The molecule has 5 heteroatoms. The fourth-order valence-corrected chi connectivity index (χ4v) is 1.26. The molecule has 0 spiro atoms. The molecule has 0 fully saturated rings. The maximum atomic E-state index is 9.36. The van der Waals surface area contributed by atoms with Gasteiger partial charge in [0.25, 0.3) is 6.02 Å². The van der Waals surface area contributed by atoms with Crippen LogP contribution in [0.5, 0.6) is 0 Å². The molecule has 1 aliphatic heterocycles. The lowest BCUT2D eigenvalue weighted by Crippen LogP contribution is -2.39. The molecule has 1 atom stereocenters. The Morgan fingerprint density at radius 2 is 2.27 bits per heavy atom. The van der Waals surface area contributed by atoms with Gasteiger partial charge in [0.1, 0.15) is 6.34 Å². The average molecular weight is 213 g/mol. The van der Waals surface area contributed by atoms with Crippen molar-refractivity contribution in [1.29, 1.82) is 0 Å². The first-order valence-corrected chi connectivity index (χ1v) is 5.39. The van der Waals surface area contributed by atoms with Gasteiger partial charge in [0, 0.05) is 7.05 Å². The summed E-state index contributed by atoms with van der Waals surface area (Å²) in [5.74, 6) is 0. The minimum Gasteiger partial charge on any atom is -0.465 e. The number of ether oxygens (including phenoxy) is 1. The van der Waals surface area contributed by atoms with E-state index >= 15 is 0 Å². The zero-order chi connectivity index (χ0) is 11.1. The van der Waals surface area contributed by atoms with E-state index in [-0.39, 0.29) is 0 Å². The van der Waals surface area contributed by atoms with Crippen LogP contribution in [0.2, 0.25) is 0 Å². The van der Waals surface area contributed by atoms with E-state index in [2.05, 4.69) is 16.9 Å². The summed E-state index contributed by atoms with van der Waals surface area (Å²) in [5, 5.41) is 9.36. The van der Waals surface area contributed by atoms with Gasteiger partial charge in [0.15, 0.2) is 0 Å². The first kappa shape index (κ1) is 12.0. The highest BCUT2D eigenvalue weighted by molar-refractivity contribution is 5.84. The molecular weight excluding hydrogens is 194 g/mol. The topological polar surface area (TPSA) is 57.4 Å². The smallest absolute Gasteiger partial charge is 0.296 e. The Morgan fingerprint density at radius 1 is 1.47 bits per heavy atom. The van der Waals surface area contributed by atoms with Crippen LogP contribution in [0.15, 0.2) is 9.98 Å². The fourth-order valence-electron chi connectivity index (χ4n) is 1.26. The molecule has 0 saturated carbocycles. The van der Waals surface area contributed by atoms with E-state index in [1.165, 1.54) is 30.5 Å². The van der Waals surface area contributed by atoms with Crippen LogP contribution < -0.4 is 0 Å². The largest absolute Gasteiger partial charge is 0.465 e. The Balaban J connectivity index is 2.20. The molecule has 0 saturated heterocycles. The van der Waals surface area contributed by atoms with Crippen LogP contribution in [0.3, 0.4) is 0 Å². The van der Waals surface area contributed by atoms with Gasteiger partial charge < -0.3 is 9.84 Å². The third kappa shape index (κ3) is 3.87. The second kappa shape index (κ2) is 6.40. The SMILES string of the molecule is CCCCCCOC1=NC=NC(O)N1C. The minimum atomic E-state index is -0.867. The molecule has 1 rings (SSSR count). The van der Waals surface area contributed by atoms with Gasteiger partial charge in [-0.05, 0) is 6.42 Å². The number of hydrogen-bond acceptors (Lipinski definition) is 5. The van der Waals surface area contributed by atoms with Gasteiger partial charge in [-0.2, -0.15) is 4.99 Å². The predicted octanol–water partition coefficient (Wildman–Crippen LogP) is 1.19. The van der Waals surface area contributed by atoms with Gasteiger partial charge in [-0.1, -0.05) is 26.2 Å². The average Bonchev–Trinajstić information content (AvgIpc) is 2.24. The molecule has 15 heavy (non-hydrogen) atoms. The van der Waals surface area contributed by atoms with Crippen molar-refractivity contribution in [2.75, 3.05) is 13.7 Å². The lowest BCUT2D eigenvalue weighted by Gasteiger charge is -2.25. The van der Waals surface area contributed by atoms with Crippen molar-refractivity contribution >= 4 is 12.4 Å². The normalized spacial score (nSPS) is 20.3. The highest BCUT2D eigenvalue weighted by atomic mass is 16.5. The highest BCUT2D eigenvalue weighted by Gasteiger charge is 2.17. The minimum absolute atomic E-state index is 0.439. The van der Waals surface area contributed by atoms with Crippen molar-refractivity contribution in [3.05, 3.63) is 0 Å². The summed E-state index contributed by atoms with van der Waals surface area (Å²) in [6.07, 6.45) is 5.10. The Kier molecular flexibility index (Phi) is 5.10. The molecule has 0 aromatic rings. The molecule has 0 radical (unpaired) electrons. The number of amidine groups is 1. The first-order chi connectivity index (χ1) is 7.25. The summed E-state index contributed by atoms with van der Waals surface area (Å²) in [6, 6.07) is 0.439. The Labute approximate surface area is 90.5 Å². The fraction of sp³-hybridized carbons (Fsp3) is 0.800. The summed E-state index contributed by atoms with van der Waals surface area (Å²) in [6.45, 7) is 2.82. The molecular formula is C10H19N3O2. The monoisotopic (exact) mass is 213 g/mol. The second-order valence-electron chi connectivity index (χ2n) is 3.54. The molecule has 0 amide bonds. The van der Waals surface area contributed by atoms with E-state index in [0.717, 1.165) is 6.42 Å². The van der Waals surface area contributed by atoms with Gasteiger partial charge in [0.2, 0.25) is 6.35 Å². The van der Waals surface area contributed by atoms with Crippen molar-refractivity contribution in [1.82, 2.24) is 4.90 Å². The number of rotatable bonds is 5. The lowest BCUT2D eigenvalue weighted by atomic mass is 10.2. The summed E-state index contributed by atoms with van der Waals surface area (Å²) in [5.41, 5.74) is 0. The van der Waals surface area contributed by atoms with Gasteiger partial charge >= 0.3 is 0 Å². The van der Waals surface area contributed by atoms with E-state index in [4.69, 9.17) is 4.74 Å². The quantitative estimate of drug-likeness (QED) is 0.698. The lowest BCUT2D eigenvalue weighted by molar-refractivity contribution is 0.0543. The van der Waals surface area contributed by atoms with E-state index in [1.54, 1.807) is 7.05 Å². The van der Waals surface area contributed by atoms with Crippen molar-refractivity contribution in [3.8, 4) is 0 Å². The predicted molar refractivity (Wildman–Crippen MR) is 59.8 cm³/mol. The van der Waals surface area contributed by atoms with Crippen molar-refractivity contribution in [2.45, 2.75) is 39.0 Å². The van der Waals surface area contributed by atoms with Gasteiger partial charge in [-0.25, -0.2) is 4.99 Å². The number of unbranched alkanes of at least 4 members (excludes halogenated alkanes) is 3. The number of nitrogens with zero attached hydrogens (tertiary/aromatic N) is 3. The molecule has 1 heterocycles. The van der Waals surface area contributed by atoms with Crippen LogP contribution >= 0.6 is 0 Å². The maximum Gasteiger partial charge on any atom is 0.296 e. The number of aliphatic imine (C=N–C) groups is 2. The van der Waals surface area contributed by atoms with Crippen LogP contribution in [0.4, 0.5) is 0 Å². The van der Waals surface area contributed by atoms with Gasteiger partial charge in [-0.3, -0.25) is 4.90 Å². The molecule has 86 valence electrons. The zero-order valence-corrected chi connectivity index (χ0v) is 9.39. The summed E-state index contributed by atoms with van der Waals surface area (Å²) in [4.78, 5) is 9.15. The van der Waals surface area contributed by atoms with Crippen LogP contribution in [0.25, 0.3) is 0 Å². The molecule has 0 bridgehead atoms. The third-order valence-electron chi connectivity index (χ3n) is 2.25. The molecule has 0 aromatic heterocycles. The van der Waals surface area contributed by atoms with Gasteiger partial charge in [0.05, 0.1) is 6.61 Å². The first-order valence-electron chi connectivity index (χ1n) is 5.39. The Bertz CT molecular complexity index is 241. The van der Waals surface area contributed by atoms with Gasteiger partial charge in [-0.15, -0.1) is 0 Å². The van der Waals surface area contributed by atoms with E-state index in [0.29, 0.717) is 12.6 Å². The van der Waals surface area contributed by atoms with E-state index in [9.17, 15) is 5.11 Å². The van der Waals surface area contributed by atoms with Crippen LogP contribution in [0, 0.1) is 0 Å². The van der Waals surface area contributed by atoms with E-state index in [1.807, 2.05) is 0 Å². The summed E-state index contributed by atoms with van der Waals surface area (Å²) in [7, 11) is 1.70. The summed E-state index contributed by atoms with van der Waals surface area (Å²) < 4.78 is 5.44. The second-order valence-corrected chi connectivity index (χ2v) is 3.54. The molecule has 0 aromatic carbocycles.